The molecule has 2 heterocycles. The van der Waals surface area contributed by atoms with Crippen LogP contribution in [0.15, 0.2) is 33.7 Å². The fourth-order valence-electron chi connectivity index (χ4n) is 1.47. The van der Waals surface area contributed by atoms with Crippen LogP contribution in [0.1, 0.15) is 54.1 Å². The monoisotopic (exact) mass is 426 g/mol. The van der Waals surface area contributed by atoms with Gasteiger partial charge < -0.3 is 5.11 Å². The highest BCUT2D eigenvalue weighted by Gasteiger charge is 2.15. The first-order valence-electron chi connectivity index (χ1n) is 7.83. The molecule has 0 aliphatic heterocycles. The van der Waals surface area contributed by atoms with Gasteiger partial charge in [0.2, 0.25) is 0 Å². The molecule has 6 nitrogen and oxygen atoms in total. The first-order valence-corrected chi connectivity index (χ1v) is 11.1. The smallest absolute Gasteiger partial charge is 0.386 e. The molecule has 2 aromatic heterocycles. The van der Waals surface area contributed by atoms with Gasteiger partial charge in [-0.15, -0.1) is 0 Å². The fourth-order valence-corrected chi connectivity index (χ4v) is 3.50. The summed E-state index contributed by atoms with van der Waals surface area (Å²) in [5.74, 6) is 0. The standard InChI is InChI=1S/C8H12S.C7H10OS.C2H6O5S.H2/c1-8(2,3)7-4-5-9-6-7;1-7(2,8)6-3-4-9-5-6;1-2-6-8(4,5)7-3;/h4-6H,1-3H3;3-5,8H,1-2H3;3H,2H2,1H3;1H. The van der Waals surface area contributed by atoms with Gasteiger partial charge >= 0.3 is 10.4 Å². The van der Waals surface area contributed by atoms with Gasteiger partial charge in [0.15, 0.2) is 0 Å². The maximum atomic E-state index is 9.90. The van der Waals surface area contributed by atoms with Gasteiger partial charge in [-0.3, -0.25) is 0 Å². The second-order valence-corrected chi connectivity index (χ2v) is 9.48. The van der Waals surface area contributed by atoms with E-state index >= 15 is 0 Å². The van der Waals surface area contributed by atoms with E-state index in [9.17, 15) is 13.5 Å². The van der Waals surface area contributed by atoms with Gasteiger partial charge in [0, 0.05) is 1.43 Å². The van der Waals surface area contributed by atoms with Crippen LogP contribution >= 0.6 is 22.7 Å². The highest BCUT2D eigenvalue weighted by atomic mass is 32.3. The lowest BCUT2D eigenvalue weighted by molar-refractivity contribution is -0.142. The molecule has 0 amide bonds. The Morgan fingerprint density at radius 1 is 1.04 bits per heavy atom. The van der Waals surface area contributed by atoms with E-state index in [1.54, 1.807) is 36.5 Å². The molecule has 0 aliphatic rings. The highest BCUT2D eigenvalue weighted by molar-refractivity contribution is 7.81. The lowest BCUT2D eigenvalue weighted by Crippen LogP contribution is -2.13. The van der Waals surface area contributed by atoms with Crippen molar-refractivity contribution in [2.75, 3.05) is 6.61 Å². The summed E-state index contributed by atoms with van der Waals surface area (Å²) in [5, 5.41) is 25.2. The molecule has 0 aromatic carbocycles. The van der Waals surface area contributed by atoms with Crippen molar-refractivity contribution < 1.29 is 28.7 Å². The minimum Gasteiger partial charge on any atom is -0.386 e. The van der Waals surface area contributed by atoms with Crippen LogP contribution in [0.5, 0.6) is 0 Å². The summed E-state index contributed by atoms with van der Waals surface area (Å²) in [6, 6.07) is 4.12. The SMILES string of the molecule is CC(C)(C)c1ccsc1.CC(C)(O)c1ccsc1.CCOS(=O)(=O)OO.[HH]. The van der Waals surface area contributed by atoms with E-state index in [4.69, 9.17) is 5.26 Å². The second-order valence-electron chi connectivity index (χ2n) is 6.72. The summed E-state index contributed by atoms with van der Waals surface area (Å²) in [6.07, 6.45) is 0. The Bertz CT molecular complexity index is 640. The van der Waals surface area contributed by atoms with Crippen molar-refractivity contribution in [2.45, 2.75) is 52.6 Å². The zero-order chi connectivity index (χ0) is 20.4. The molecule has 152 valence electrons. The van der Waals surface area contributed by atoms with Crippen LogP contribution in [-0.2, 0) is 29.9 Å². The van der Waals surface area contributed by atoms with Crippen molar-refractivity contribution in [1.29, 1.82) is 0 Å². The molecule has 2 aromatic rings. The van der Waals surface area contributed by atoms with Crippen LogP contribution in [0.4, 0.5) is 0 Å². The lowest BCUT2D eigenvalue weighted by atomic mass is 9.90. The summed E-state index contributed by atoms with van der Waals surface area (Å²) < 4.78 is 26.6. The Labute approximate surface area is 165 Å². The quantitative estimate of drug-likeness (QED) is 0.526. The normalized spacial score (nSPS) is 11.8. The molecule has 0 saturated heterocycles. The van der Waals surface area contributed by atoms with Gasteiger partial charge in [-0.05, 0) is 71.0 Å². The molecule has 0 radical (unpaired) electrons. The lowest BCUT2D eigenvalue weighted by Gasteiger charge is -2.15. The molecule has 26 heavy (non-hydrogen) atoms. The van der Waals surface area contributed by atoms with Gasteiger partial charge in [0.25, 0.3) is 0 Å². The van der Waals surface area contributed by atoms with Crippen LogP contribution in [-0.4, -0.2) is 25.4 Å². The van der Waals surface area contributed by atoms with Crippen molar-refractivity contribution in [1.82, 2.24) is 0 Å². The zero-order valence-electron chi connectivity index (χ0n) is 15.9. The number of hydrogen-bond acceptors (Lipinski definition) is 8. The molecule has 9 heteroatoms. The topological polar surface area (TPSA) is 93.1 Å². The number of rotatable bonds is 4. The average Bonchev–Trinajstić information content (AvgIpc) is 3.21. The van der Waals surface area contributed by atoms with Crippen molar-refractivity contribution in [3.05, 3.63) is 44.8 Å². The summed E-state index contributed by atoms with van der Waals surface area (Å²) in [4.78, 5) is 0. The molecular weight excluding hydrogens is 396 g/mol. The summed E-state index contributed by atoms with van der Waals surface area (Å²) >= 11 is 3.37. The third-order valence-electron chi connectivity index (χ3n) is 2.97. The summed E-state index contributed by atoms with van der Waals surface area (Å²) in [6.45, 7) is 11.7. The Morgan fingerprint density at radius 3 is 1.65 bits per heavy atom. The van der Waals surface area contributed by atoms with E-state index in [-0.39, 0.29) is 8.03 Å². The minimum absolute atomic E-state index is 0. The third kappa shape index (κ3) is 11.0. The van der Waals surface area contributed by atoms with Crippen LogP contribution in [0.3, 0.4) is 0 Å². The molecule has 0 spiro atoms. The van der Waals surface area contributed by atoms with Crippen LogP contribution in [0.25, 0.3) is 0 Å². The number of hydrogen-bond donors (Lipinski definition) is 2. The molecule has 0 unspecified atom stereocenters. The van der Waals surface area contributed by atoms with E-state index in [1.165, 1.54) is 12.5 Å². The average molecular weight is 427 g/mol. The number of thiophene rings is 2. The fraction of sp³-hybridized carbons (Fsp3) is 0.529. The van der Waals surface area contributed by atoms with Gasteiger partial charge in [-0.25, -0.2) is 9.44 Å². The predicted octanol–water partition coefficient (Wildman–Crippen LogP) is 5.02. The van der Waals surface area contributed by atoms with Crippen LogP contribution in [0, 0.1) is 0 Å². The van der Waals surface area contributed by atoms with E-state index in [0.717, 1.165) is 5.56 Å². The summed E-state index contributed by atoms with van der Waals surface area (Å²) in [7, 11) is -4.11. The third-order valence-corrected chi connectivity index (χ3v) is 5.04. The molecule has 2 rings (SSSR count). The van der Waals surface area contributed by atoms with Gasteiger partial charge in [0.1, 0.15) is 0 Å². The molecule has 0 atom stereocenters. The minimum atomic E-state index is -4.11. The van der Waals surface area contributed by atoms with Crippen molar-refractivity contribution in [2.24, 2.45) is 0 Å². The van der Waals surface area contributed by atoms with E-state index in [2.05, 4.69) is 46.1 Å². The van der Waals surface area contributed by atoms with Crippen LogP contribution in [0.2, 0.25) is 0 Å². The van der Waals surface area contributed by atoms with E-state index < -0.39 is 16.0 Å². The molecule has 0 bridgehead atoms. The molecule has 0 aliphatic carbocycles. The Morgan fingerprint density at radius 2 is 1.50 bits per heavy atom. The first-order chi connectivity index (χ1) is 11.8. The van der Waals surface area contributed by atoms with Gasteiger partial charge in [-0.1, -0.05) is 25.1 Å². The Hall–Kier alpha value is -0.810. The highest BCUT2D eigenvalue weighted by Crippen LogP contribution is 2.23. The maximum Gasteiger partial charge on any atom is 0.426 e. The molecular formula is C17H30O6S3. The predicted molar refractivity (Wildman–Crippen MR) is 109 cm³/mol. The molecule has 0 fully saturated rings. The number of aliphatic hydroxyl groups is 1. The van der Waals surface area contributed by atoms with E-state index in [1.807, 2.05) is 16.8 Å². The Balaban J connectivity index is 0. The zero-order valence-corrected chi connectivity index (χ0v) is 18.4. The van der Waals surface area contributed by atoms with Crippen molar-refractivity contribution >= 4 is 33.1 Å². The molecule has 2 N–H and O–H groups in total. The first kappa shape index (κ1) is 25.2. The van der Waals surface area contributed by atoms with Gasteiger partial charge in [0.05, 0.1) is 12.2 Å². The van der Waals surface area contributed by atoms with Crippen LogP contribution < -0.4 is 0 Å². The van der Waals surface area contributed by atoms with Gasteiger partial charge in [-0.2, -0.15) is 31.1 Å². The van der Waals surface area contributed by atoms with Crippen molar-refractivity contribution in [3.8, 4) is 0 Å². The summed E-state index contributed by atoms with van der Waals surface area (Å²) in [5.41, 5.74) is 2.10. The second kappa shape index (κ2) is 11.1. The largest absolute Gasteiger partial charge is 0.426 e. The maximum absolute atomic E-state index is 9.90. The van der Waals surface area contributed by atoms with Crippen molar-refractivity contribution in [3.63, 3.8) is 0 Å². The Kier molecular flexibility index (Phi) is 10.8. The van der Waals surface area contributed by atoms with E-state index in [0.29, 0.717) is 5.41 Å². The molecule has 0 saturated carbocycles.